The summed E-state index contributed by atoms with van der Waals surface area (Å²) in [5.41, 5.74) is 5.32. The van der Waals surface area contributed by atoms with Gasteiger partial charge in [-0.1, -0.05) is 0 Å². The quantitative estimate of drug-likeness (QED) is 0.736. The Balaban J connectivity index is 0.000001000. The number of aromatic nitrogens is 2. The highest BCUT2D eigenvalue weighted by molar-refractivity contribution is 5.85. The maximum absolute atomic E-state index is 5.32. The first kappa shape index (κ1) is 10.3. The maximum atomic E-state index is 5.32. The lowest BCUT2D eigenvalue weighted by Gasteiger charge is -1.94. The van der Waals surface area contributed by atoms with Crippen LogP contribution in [-0.4, -0.2) is 16.5 Å². The van der Waals surface area contributed by atoms with Crippen molar-refractivity contribution in [3.8, 4) is 0 Å². The lowest BCUT2D eigenvalue weighted by Crippen LogP contribution is -2.02. The predicted octanol–water partition coefficient (Wildman–Crippen LogP) is 0.790. The van der Waals surface area contributed by atoms with Crippen LogP contribution in [0.25, 0.3) is 0 Å². The second-order valence-electron chi connectivity index (χ2n) is 2.06. The average molecular weight is 174 g/mol. The van der Waals surface area contributed by atoms with Gasteiger partial charge in [-0.25, -0.2) is 9.97 Å². The molecular weight excluding hydrogens is 162 g/mol. The Kier molecular flexibility index (Phi) is 5.70. The molecule has 0 fully saturated rings. The molecule has 0 aliphatic heterocycles. The van der Waals surface area contributed by atoms with Crippen molar-refractivity contribution in [3.63, 3.8) is 0 Å². The van der Waals surface area contributed by atoms with E-state index in [-0.39, 0.29) is 12.4 Å². The fourth-order valence-corrected chi connectivity index (χ4v) is 0.719. The van der Waals surface area contributed by atoms with Gasteiger partial charge in [-0.3, -0.25) is 0 Å². The van der Waals surface area contributed by atoms with Gasteiger partial charge in [0.2, 0.25) is 0 Å². The molecule has 0 amide bonds. The number of rotatable bonds is 3. The SMILES string of the molecule is Cl.NCCCc1ncccn1. The van der Waals surface area contributed by atoms with Crippen molar-refractivity contribution in [2.45, 2.75) is 12.8 Å². The number of nitrogens with zero attached hydrogens (tertiary/aromatic N) is 2. The molecule has 0 radical (unpaired) electrons. The first-order valence-corrected chi connectivity index (χ1v) is 3.39. The number of hydrogen-bond acceptors (Lipinski definition) is 3. The Labute approximate surface area is 72.5 Å². The van der Waals surface area contributed by atoms with E-state index in [9.17, 15) is 0 Å². The number of nitrogens with two attached hydrogens (primary N) is 1. The second kappa shape index (κ2) is 6.07. The summed E-state index contributed by atoms with van der Waals surface area (Å²) in [6, 6.07) is 1.81. The molecule has 62 valence electrons. The van der Waals surface area contributed by atoms with Crippen LogP contribution in [0.3, 0.4) is 0 Å². The molecule has 0 spiro atoms. The third-order valence-corrected chi connectivity index (χ3v) is 1.22. The molecule has 0 bridgehead atoms. The second-order valence-corrected chi connectivity index (χ2v) is 2.06. The van der Waals surface area contributed by atoms with Crippen molar-refractivity contribution in [1.82, 2.24) is 9.97 Å². The standard InChI is InChI=1S/C7H11N3.ClH/c8-4-1-3-7-9-5-2-6-10-7;/h2,5-6H,1,3-4,8H2;1H. The lowest BCUT2D eigenvalue weighted by atomic mass is 10.3. The van der Waals surface area contributed by atoms with Crippen molar-refractivity contribution < 1.29 is 0 Å². The first-order valence-electron chi connectivity index (χ1n) is 3.39. The van der Waals surface area contributed by atoms with Gasteiger partial charge in [0.25, 0.3) is 0 Å². The summed E-state index contributed by atoms with van der Waals surface area (Å²) < 4.78 is 0. The van der Waals surface area contributed by atoms with Crippen molar-refractivity contribution >= 4 is 12.4 Å². The highest BCUT2D eigenvalue weighted by Crippen LogP contribution is 1.91. The summed E-state index contributed by atoms with van der Waals surface area (Å²) in [5, 5.41) is 0. The number of halogens is 1. The normalized spacial score (nSPS) is 8.82. The Morgan fingerprint density at radius 3 is 2.45 bits per heavy atom. The average Bonchev–Trinajstić information content (AvgIpc) is 2.03. The summed E-state index contributed by atoms with van der Waals surface area (Å²) in [7, 11) is 0. The molecule has 0 aromatic carbocycles. The van der Waals surface area contributed by atoms with E-state index in [0.29, 0.717) is 6.54 Å². The fraction of sp³-hybridized carbons (Fsp3) is 0.429. The van der Waals surface area contributed by atoms with Gasteiger partial charge in [0.1, 0.15) is 5.82 Å². The van der Waals surface area contributed by atoms with Crippen LogP contribution >= 0.6 is 12.4 Å². The van der Waals surface area contributed by atoms with Crippen LogP contribution < -0.4 is 5.73 Å². The van der Waals surface area contributed by atoms with Crippen LogP contribution in [0.15, 0.2) is 18.5 Å². The third kappa shape index (κ3) is 3.91. The maximum Gasteiger partial charge on any atom is 0.128 e. The molecular formula is C7H12ClN3. The number of hydrogen-bond donors (Lipinski definition) is 1. The zero-order valence-electron chi connectivity index (χ0n) is 6.23. The molecule has 0 saturated carbocycles. The third-order valence-electron chi connectivity index (χ3n) is 1.22. The molecule has 11 heavy (non-hydrogen) atoms. The lowest BCUT2D eigenvalue weighted by molar-refractivity contribution is 0.780. The van der Waals surface area contributed by atoms with Gasteiger partial charge >= 0.3 is 0 Å². The smallest absolute Gasteiger partial charge is 0.128 e. The molecule has 1 rings (SSSR count). The molecule has 1 aromatic heterocycles. The van der Waals surface area contributed by atoms with Crippen LogP contribution in [0.1, 0.15) is 12.2 Å². The molecule has 0 aliphatic rings. The van der Waals surface area contributed by atoms with Gasteiger partial charge in [0, 0.05) is 18.8 Å². The van der Waals surface area contributed by atoms with Crippen LogP contribution in [0, 0.1) is 0 Å². The Morgan fingerprint density at radius 1 is 1.27 bits per heavy atom. The molecule has 3 nitrogen and oxygen atoms in total. The van der Waals surface area contributed by atoms with Gasteiger partial charge in [-0.15, -0.1) is 12.4 Å². The highest BCUT2D eigenvalue weighted by Gasteiger charge is 1.90. The van der Waals surface area contributed by atoms with Gasteiger partial charge in [-0.05, 0) is 19.0 Å². The fourth-order valence-electron chi connectivity index (χ4n) is 0.719. The molecule has 2 N–H and O–H groups in total. The van der Waals surface area contributed by atoms with E-state index in [1.54, 1.807) is 12.4 Å². The number of aryl methyl sites for hydroxylation is 1. The van der Waals surface area contributed by atoms with Gasteiger partial charge in [0.15, 0.2) is 0 Å². The van der Waals surface area contributed by atoms with Crippen molar-refractivity contribution in [1.29, 1.82) is 0 Å². The van der Waals surface area contributed by atoms with E-state index in [1.807, 2.05) is 6.07 Å². The first-order chi connectivity index (χ1) is 4.93. The molecule has 0 atom stereocenters. The summed E-state index contributed by atoms with van der Waals surface area (Å²) in [6.07, 6.45) is 5.35. The minimum atomic E-state index is 0. The summed E-state index contributed by atoms with van der Waals surface area (Å²) in [6.45, 7) is 0.707. The minimum Gasteiger partial charge on any atom is -0.330 e. The van der Waals surface area contributed by atoms with E-state index in [4.69, 9.17) is 5.73 Å². The summed E-state index contributed by atoms with van der Waals surface area (Å²) >= 11 is 0. The van der Waals surface area contributed by atoms with Crippen LogP contribution in [0.5, 0.6) is 0 Å². The van der Waals surface area contributed by atoms with Crippen LogP contribution in [-0.2, 0) is 6.42 Å². The van der Waals surface area contributed by atoms with E-state index < -0.39 is 0 Å². The highest BCUT2D eigenvalue weighted by atomic mass is 35.5. The molecule has 1 aromatic rings. The minimum absolute atomic E-state index is 0. The molecule has 0 unspecified atom stereocenters. The predicted molar refractivity (Wildman–Crippen MR) is 46.7 cm³/mol. The van der Waals surface area contributed by atoms with E-state index in [2.05, 4.69) is 9.97 Å². The monoisotopic (exact) mass is 173 g/mol. The molecule has 1 heterocycles. The van der Waals surface area contributed by atoms with Crippen LogP contribution in [0.4, 0.5) is 0 Å². The van der Waals surface area contributed by atoms with E-state index >= 15 is 0 Å². The Hall–Kier alpha value is -0.670. The largest absolute Gasteiger partial charge is 0.330 e. The summed E-state index contributed by atoms with van der Waals surface area (Å²) in [4.78, 5) is 8.10. The topological polar surface area (TPSA) is 51.8 Å². The van der Waals surface area contributed by atoms with Gasteiger partial charge < -0.3 is 5.73 Å². The van der Waals surface area contributed by atoms with Crippen molar-refractivity contribution in [3.05, 3.63) is 24.3 Å². The van der Waals surface area contributed by atoms with Gasteiger partial charge in [-0.2, -0.15) is 0 Å². The Morgan fingerprint density at radius 2 is 1.91 bits per heavy atom. The summed E-state index contributed by atoms with van der Waals surface area (Å²) in [5.74, 6) is 0.882. The molecule has 4 heteroatoms. The van der Waals surface area contributed by atoms with E-state index in [1.165, 1.54) is 0 Å². The van der Waals surface area contributed by atoms with Crippen molar-refractivity contribution in [2.75, 3.05) is 6.54 Å². The molecule has 0 aliphatic carbocycles. The van der Waals surface area contributed by atoms with E-state index in [0.717, 1.165) is 18.7 Å². The van der Waals surface area contributed by atoms with Gasteiger partial charge in [0.05, 0.1) is 0 Å². The Bertz CT molecular complexity index is 178. The zero-order valence-corrected chi connectivity index (χ0v) is 7.05. The van der Waals surface area contributed by atoms with Crippen LogP contribution in [0.2, 0.25) is 0 Å². The zero-order chi connectivity index (χ0) is 7.23. The van der Waals surface area contributed by atoms with Crippen molar-refractivity contribution in [2.24, 2.45) is 5.73 Å². The molecule has 0 saturated heterocycles.